The van der Waals surface area contributed by atoms with Gasteiger partial charge in [-0.2, -0.15) is 5.10 Å². The van der Waals surface area contributed by atoms with E-state index in [0.717, 1.165) is 35.1 Å². The van der Waals surface area contributed by atoms with E-state index >= 15 is 0 Å². The Bertz CT molecular complexity index is 808. The number of para-hydroxylation sites is 1. The number of aromatic nitrogens is 4. The van der Waals surface area contributed by atoms with Crippen molar-refractivity contribution in [2.75, 3.05) is 11.9 Å². The van der Waals surface area contributed by atoms with Crippen LogP contribution in [0.15, 0.2) is 48.8 Å². The topological polar surface area (TPSA) is 46.8 Å². The van der Waals surface area contributed by atoms with Crippen LogP contribution in [0.4, 0.5) is 5.82 Å². The number of anilines is 1. The second-order valence-electron chi connectivity index (χ2n) is 6.37. The van der Waals surface area contributed by atoms with Crippen LogP contribution >= 0.6 is 0 Å². The van der Waals surface area contributed by atoms with Gasteiger partial charge in [0.25, 0.3) is 0 Å². The molecule has 5 nitrogen and oxygen atoms in total. The molecule has 0 fully saturated rings. The lowest BCUT2D eigenvalue weighted by atomic mass is 10.2. The SMILES string of the molecule is Cc1cc(N(C)Cc2cnn(-c3ccccc3)c2)nc(C(C)C)n1. The molecule has 0 aliphatic rings. The first-order valence-electron chi connectivity index (χ1n) is 8.18. The standard InChI is InChI=1S/C19H23N5/c1-14(2)19-21-15(3)10-18(22-19)23(4)12-16-11-20-24(13-16)17-8-6-5-7-9-17/h5-11,13-14H,12H2,1-4H3. The summed E-state index contributed by atoms with van der Waals surface area (Å²) < 4.78 is 1.90. The minimum absolute atomic E-state index is 0.317. The smallest absolute Gasteiger partial charge is 0.133 e. The molecule has 0 saturated carbocycles. The molecule has 124 valence electrons. The predicted octanol–water partition coefficient (Wildman–Crippen LogP) is 3.73. The summed E-state index contributed by atoms with van der Waals surface area (Å²) in [5.41, 5.74) is 3.20. The molecule has 0 atom stereocenters. The third kappa shape index (κ3) is 3.62. The van der Waals surface area contributed by atoms with Gasteiger partial charge in [-0.1, -0.05) is 32.0 Å². The summed E-state index contributed by atoms with van der Waals surface area (Å²) in [5.74, 6) is 2.15. The Labute approximate surface area is 143 Å². The van der Waals surface area contributed by atoms with Crippen LogP contribution < -0.4 is 4.90 Å². The third-order valence-electron chi connectivity index (χ3n) is 3.84. The molecule has 1 aromatic carbocycles. The summed E-state index contributed by atoms with van der Waals surface area (Å²) in [6, 6.07) is 12.1. The molecule has 0 amide bonds. The first kappa shape index (κ1) is 16.2. The minimum atomic E-state index is 0.317. The quantitative estimate of drug-likeness (QED) is 0.718. The van der Waals surface area contributed by atoms with Crippen LogP contribution in [0.5, 0.6) is 0 Å². The third-order valence-corrected chi connectivity index (χ3v) is 3.84. The minimum Gasteiger partial charge on any atom is -0.355 e. The highest BCUT2D eigenvalue weighted by Gasteiger charge is 2.11. The largest absolute Gasteiger partial charge is 0.355 e. The second kappa shape index (κ2) is 6.83. The summed E-state index contributed by atoms with van der Waals surface area (Å²) in [5, 5.41) is 4.45. The molecule has 2 aromatic heterocycles. The van der Waals surface area contributed by atoms with Crippen LogP contribution in [0.1, 0.15) is 36.8 Å². The van der Waals surface area contributed by atoms with Crippen LogP contribution in [-0.2, 0) is 6.54 Å². The number of nitrogens with zero attached hydrogens (tertiary/aromatic N) is 5. The summed E-state index contributed by atoms with van der Waals surface area (Å²) in [6.07, 6.45) is 3.96. The van der Waals surface area contributed by atoms with E-state index in [1.54, 1.807) is 0 Å². The predicted molar refractivity (Wildman–Crippen MR) is 96.5 cm³/mol. The van der Waals surface area contributed by atoms with Crippen molar-refractivity contribution in [3.8, 4) is 5.69 Å². The molecule has 3 aromatic rings. The Morgan fingerprint density at radius 3 is 2.58 bits per heavy atom. The molecule has 5 heteroatoms. The zero-order chi connectivity index (χ0) is 17.1. The molecule has 0 radical (unpaired) electrons. The fraction of sp³-hybridized carbons (Fsp3) is 0.316. The molecule has 0 aliphatic carbocycles. The number of hydrogen-bond acceptors (Lipinski definition) is 4. The van der Waals surface area contributed by atoms with Crippen LogP contribution in [0, 0.1) is 6.92 Å². The van der Waals surface area contributed by atoms with Crippen LogP contribution in [0.2, 0.25) is 0 Å². The molecule has 3 rings (SSSR count). The van der Waals surface area contributed by atoms with Gasteiger partial charge in [0.2, 0.25) is 0 Å². The highest BCUT2D eigenvalue weighted by Crippen LogP contribution is 2.18. The van der Waals surface area contributed by atoms with E-state index < -0.39 is 0 Å². The number of hydrogen-bond donors (Lipinski definition) is 0. The van der Waals surface area contributed by atoms with Gasteiger partial charge in [-0.25, -0.2) is 14.6 Å². The van der Waals surface area contributed by atoms with Gasteiger partial charge < -0.3 is 4.90 Å². The van der Waals surface area contributed by atoms with E-state index in [4.69, 9.17) is 0 Å². The van der Waals surface area contributed by atoms with Crippen molar-refractivity contribution in [2.45, 2.75) is 33.2 Å². The van der Waals surface area contributed by atoms with Crippen LogP contribution in [-0.4, -0.2) is 26.8 Å². The first-order valence-corrected chi connectivity index (χ1v) is 8.18. The summed E-state index contributed by atoms with van der Waals surface area (Å²) in [6.45, 7) is 6.99. The maximum absolute atomic E-state index is 4.68. The van der Waals surface area contributed by atoms with E-state index in [2.05, 4.69) is 40.0 Å². The van der Waals surface area contributed by atoms with Crippen LogP contribution in [0.25, 0.3) is 5.69 Å². The molecular formula is C19H23N5. The summed E-state index contributed by atoms with van der Waals surface area (Å²) >= 11 is 0. The van der Waals surface area contributed by atoms with Crippen LogP contribution in [0.3, 0.4) is 0 Å². The Hall–Kier alpha value is -2.69. The fourth-order valence-corrected chi connectivity index (χ4v) is 2.55. The van der Waals surface area contributed by atoms with Gasteiger partial charge in [0.15, 0.2) is 0 Å². The van der Waals surface area contributed by atoms with Gasteiger partial charge >= 0.3 is 0 Å². The van der Waals surface area contributed by atoms with Gasteiger partial charge in [0, 0.05) is 43.0 Å². The highest BCUT2D eigenvalue weighted by molar-refractivity contribution is 5.40. The molecule has 0 spiro atoms. The molecule has 0 N–H and O–H groups in total. The van der Waals surface area contributed by atoms with Crippen molar-refractivity contribution in [1.82, 2.24) is 19.7 Å². The molecule has 0 aliphatic heterocycles. The average molecular weight is 321 g/mol. The van der Waals surface area contributed by atoms with Gasteiger partial charge in [-0.15, -0.1) is 0 Å². The number of benzene rings is 1. The second-order valence-corrected chi connectivity index (χ2v) is 6.37. The lowest BCUT2D eigenvalue weighted by Crippen LogP contribution is -2.19. The van der Waals surface area contributed by atoms with E-state index in [-0.39, 0.29) is 0 Å². The Morgan fingerprint density at radius 1 is 1.12 bits per heavy atom. The van der Waals surface area contributed by atoms with Crippen molar-refractivity contribution in [3.05, 3.63) is 65.9 Å². The monoisotopic (exact) mass is 321 g/mol. The maximum Gasteiger partial charge on any atom is 0.133 e. The zero-order valence-electron chi connectivity index (χ0n) is 14.6. The molecule has 2 heterocycles. The number of rotatable bonds is 5. The Balaban J connectivity index is 1.78. The van der Waals surface area contributed by atoms with E-state index in [9.17, 15) is 0 Å². The molecule has 24 heavy (non-hydrogen) atoms. The normalized spacial score (nSPS) is 11.0. The van der Waals surface area contributed by atoms with Gasteiger partial charge in [0.05, 0.1) is 11.9 Å². The first-order chi connectivity index (χ1) is 11.5. The van der Waals surface area contributed by atoms with Crippen molar-refractivity contribution in [3.63, 3.8) is 0 Å². The van der Waals surface area contributed by atoms with Gasteiger partial charge in [-0.3, -0.25) is 0 Å². The van der Waals surface area contributed by atoms with Gasteiger partial charge in [-0.05, 0) is 19.1 Å². The summed E-state index contributed by atoms with van der Waals surface area (Å²) in [4.78, 5) is 11.3. The maximum atomic E-state index is 4.68. The number of aryl methyl sites for hydroxylation is 1. The molecule has 0 saturated heterocycles. The van der Waals surface area contributed by atoms with Crippen molar-refractivity contribution in [2.24, 2.45) is 0 Å². The van der Waals surface area contributed by atoms with E-state index in [1.165, 1.54) is 0 Å². The zero-order valence-corrected chi connectivity index (χ0v) is 14.6. The van der Waals surface area contributed by atoms with Crippen molar-refractivity contribution >= 4 is 5.82 Å². The molecule has 0 unspecified atom stereocenters. The lowest BCUT2D eigenvalue weighted by molar-refractivity contribution is 0.754. The van der Waals surface area contributed by atoms with Crippen molar-refractivity contribution in [1.29, 1.82) is 0 Å². The molecular weight excluding hydrogens is 298 g/mol. The Kier molecular flexibility index (Phi) is 4.60. The Morgan fingerprint density at radius 2 is 1.88 bits per heavy atom. The van der Waals surface area contributed by atoms with E-state index in [0.29, 0.717) is 5.92 Å². The fourth-order valence-electron chi connectivity index (χ4n) is 2.55. The van der Waals surface area contributed by atoms with Gasteiger partial charge in [0.1, 0.15) is 11.6 Å². The van der Waals surface area contributed by atoms with Crippen molar-refractivity contribution < 1.29 is 0 Å². The van der Waals surface area contributed by atoms with E-state index in [1.807, 2.05) is 61.2 Å². The lowest BCUT2D eigenvalue weighted by Gasteiger charge is -2.19. The molecule has 0 bridgehead atoms. The average Bonchev–Trinajstić information content (AvgIpc) is 3.03. The highest BCUT2D eigenvalue weighted by atomic mass is 15.3. The summed E-state index contributed by atoms with van der Waals surface area (Å²) in [7, 11) is 2.05.